The number of halogens is 1. The van der Waals surface area contributed by atoms with Crippen molar-refractivity contribution in [2.45, 2.75) is 26.7 Å². The minimum Gasteiger partial charge on any atom is -0.469 e. The standard InChI is InChI=1S/C12H22N2O3.ClH/c1-12(2,11(16)17-3)8-14-10(15)9-5-4-6-13-7-9;/h9,13H,4-8H2,1-3H3,(H,14,15);1H. The fraction of sp³-hybridized carbons (Fsp3) is 0.833. The van der Waals surface area contributed by atoms with Crippen LogP contribution in [0.4, 0.5) is 0 Å². The molecule has 1 aliphatic rings. The monoisotopic (exact) mass is 278 g/mol. The molecule has 1 fully saturated rings. The number of esters is 1. The van der Waals surface area contributed by atoms with E-state index in [1.807, 2.05) is 0 Å². The van der Waals surface area contributed by atoms with Gasteiger partial charge in [-0.25, -0.2) is 0 Å². The Morgan fingerprint density at radius 1 is 1.44 bits per heavy atom. The van der Waals surface area contributed by atoms with Crippen molar-refractivity contribution in [3.05, 3.63) is 0 Å². The normalized spacial score (nSPS) is 19.6. The molecule has 1 aliphatic heterocycles. The van der Waals surface area contributed by atoms with E-state index in [9.17, 15) is 9.59 Å². The van der Waals surface area contributed by atoms with Crippen LogP contribution in [-0.2, 0) is 14.3 Å². The largest absolute Gasteiger partial charge is 0.469 e. The Labute approximate surface area is 114 Å². The number of hydrogen-bond donors (Lipinski definition) is 2. The molecule has 106 valence electrons. The van der Waals surface area contributed by atoms with Gasteiger partial charge in [-0.05, 0) is 33.2 Å². The average molecular weight is 279 g/mol. The smallest absolute Gasteiger partial charge is 0.313 e. The van der Waals surface area contributed by atoms with Crippen molar-refractivity contribution >= 4 is 24.3 Å². The van der Waals surface area contributed by atoms with E-state index in [2.05, 4.69) is 10.6 Å². The van der Waals surface area contributed by atoms with Gasteiger partial charge in [0.15, 0.2) is 0 Å². The van der Waals surface area contributed by atoms with E-state index in [1.165, 1.54) is 7.11 Å². The molecular formula is C12H23ClN2O3. The van der Waals surface area contributed by atoms with Gasteiger partial charge >= 0.3 is 5.97 Å². The molecule has 1 saturated heterocycles. The van der Waals surface area contributed by atoms with Gasteiger partial charge in [0, 0.05) is 13.1 Å². The Bertz CT molecular complexity index is 289. The van der Waals surface area contributed by atoms with Gasteiger partial charge < -0.3 is 15.4 Å². The van der Waals surface area contributed by atoms with Crippen molar-refractivity contribution in [2.24, 2.45) is 11.3 Å². The molecule has 1 amide bonds. The fourth-order valence-electron chi connectivity index (χ4n) is 1.88. The minimum atomic E-state index is -0.674. The predicted molar refractivity (Wildman–Crippen MR) is 71.6 cm³/mol. The topological polar surface area (TPSA) is 67.4 Å². The van der Waals surface area contributed by atoms with Gasteiger partial charge in [0.1, 0.15) is 0 Å². The van der Waals surface area contributed by atoms with Gasteiger partial charge in [-0.2, -0.15) is 0 Å². The molecule has 0 aromatic heterocycles. The number of methoxy groups -OCH3 is 1. The first-order valence-electron chi connectivity index (χ1n) is 6.04. The summed E-state index contributed by atoms with van der Waals surface area (Å²) in [5, 5.41) is 6.02. The summed E-state index contributed by atoms with van der Waals surface area (Å²) in [7, 11) is 1.36. The van der Waals surface area contributed by atoms with Crippen LogP contribution >= 0.6 is 12.4 Å². The molecule has 2 N–H and O–H groups in total. The van der Waals surface area contributed by atoms with Gasteiger partial charge in [0.05, 0.1) is 18.4 Å². The van der Waals surface area contributed by atoms with Crippen LogP contribution in [0.5, 0.6) is 0 Å². The van der Waals surface area contributed by atoms with Crippen molar-refractivity contribution in [1.29, 1.82) is 0 Å². The molecule has 0 spiro atoms. The molecule has 1 heterocycles. The van der Waals surface area contributed by atoms with Gasteiger partial charge in [-0.15, -0.1) is 12.4 Å². The van der Waals surface area contributed by atoms with E-state index in [4.69, 9.17) is 4.74 Å². The maximum atomic E-state index is 11.9. The lowest BCUT2D eigenvalue weighted by Gasteiger charge is -2.25. The Morgan fingerprint density at radius 3 is 2.61 bits per heavy atom. The number of nitrogens with one attached hydrogen (secondary N) is 2. The molecule has 1 unspecified atom stereocenters. The van der Waals surface area contributed by atoms with Gasteiger partial charge in [-0.3, -0.25) is 9.59 Å². The van der Waals surface area contributed by atoms with E-state index < -0.39 is 5.41 Å². The first-order valence-corrected chi connectivity index (χ1v) is 6.04. The summed E-state index contributed by atoms with van der Waals surface area (Å²) in [5.74, 6) is -0.258. The van der Waals surface area contributed by atoms with Crippen LogP contribution in [0.15, 0.2) is 0 Å². The van der Waals surface area contributed by atoms with Gasteiger partial charge in [0.25, 0.3) is 0 Å². The zero-order valence-electron chi connectivity index (χ0n) is 11.2. The van der Waals surface area contributed by atoms with E-state index in [-0.39, 0.29) is 30.2 Å². The first-order chi connectivity index (χ1) is 7.97. The van der Waals surface area contributed by atoms with Crippen LogP contribution in [0.25, 0.3) is 0 Å². The highest BCUT2D eigenvalue weighted by molar-refractivity contribution is 5.85. The lowest BCUT2D eigenvalue weighted by Crippen LogP contribution is -2.45. The zero-order valence-corrected chi connectivity index (χ0v) is 12.1. The third-order valence-corrected chi connectivity index (χ3v) is 3.11. The SMILES string of the molecule is COC(=O)C(C)(C)CNC(=O)C1CCCNC1.Cl. The zero-order chi connectivity index (χ0) is 12.9. The van der Waals surface area contributed by atoms with Crippen LogP contribution < -0.4 is 10.6 Å². The molecule has 5 nitrogen and oxygen atoms in total. The summed E-state index contributed by atoms with van der Waals surface area (Å²) in [6.07, 6.45) is 1.94. The maximum Gasteiger partial charge on any atom is 0.313 e. The van der Waals surface area contributed by atoms with Crippen molar-refractivity contribution in [3.63, 3.8) is 0 Å². The van der Waals surface area contributed by atoms with E-state index in [0.717, 1.165) is 25.9 Å². The van der Waals surface area contributed by atoms with Gasteiger partial charge in [-0.1, -0.05) is 0 Å². The molecule has 0 saturated carbocycles. The molecule has 0 bridgehead atoms. The molecule has 1 atom stereocenters. The number of hydrogen-bond acceptors (Lipinski definition) is 4. The molecule has 0 aromatic carbocycles. The molecular weight excluding hydrogens is 256 g/mol. The quantitative estimate of drug-likeness (QED) is 0.744. The molecule has 6 heteroatoms. The van der Waals surface area contributed by atoms with Crippen molar-refractivity contribution < 1.29 is 14.3 Å². The highest BCUT2D eigenvalue weighted by atomic mass is 35.5. The Hall–Kier alpha value is -0.810. The summed E-state index contributed by atoms with van der Waals surface area (Å²) in [4.78, 5) is 23.3. The van der Waals surface area contributed by atoms with Crippen molar-refractivity contribution in [3.8, 4) is 0 Å². The summed E-state index contributed by atoms with van der Waals surface area (Å²) >= 11 is 0. The highest BCUT2D eigenvalue weighted by Gasteiger charge is 2.30. The van der Waals surface area contributed by atoms with E-state index >= 15 is 0 Å². The first kappa shape index (κ1) is 17.2. The second kappa shape index (κ2) is 7.59. The molecule has 0 radical (unpaired) electrons. The van der Waals surface area contributed by atoms with Crippen LogP contribution in [0.2, 0.25) is 0 Å². The number of piperidine rings is 1. The Kier molecular flexibility index (Phi) is 7.25. The lowest BCUT2D eigenvalue weighted by molar-refractivity contribution is -0.150. The molecule has 18 heavy (non-hydrogen) atoms. The predicted octanol–water partition coefficient (Wildman–Crippen LogP) is 0.723. The van der Waals surface area contributed by atoms with E-state index in [1.54, 1.807) is 13.8 Å². The summed E-state index contributed by atoms with van der Waals surface area (Å²) < 4.78 is 4.69. The second-order valence-electron chi connectivity index (χ2n) is 5.14. The third-order valence-electron chi connectivity index (χ3n) is 3.11. The van der Waals surface area contributed by atoms with Crippen LogP contribution in [-0.4, -0.2) is 38.6 Å². The minimum absolute atomic E-state index is 0. The summed E-state index contributed by atoms with van der Waals surface area (Å²) in [6, 6.07) is 0. The molecule has 0 aromatic rings. The van der Waals surface area contributed by atoms with Crippen LogP contribution in [0.1, 0.15) is 26.7 Å². The Morgan fingerprint density at radius 2 is 2.11 bits per heavy atom. The highest BCUT2D eigenvalue weighted by Crippen LogP contribution is 2.16. The number of carbonyl (C=O) groups is 2. The van der Waals surface area contributed by atoms with Crippen molar-refractivity contribution in [1.82, 2.24) is 10.6 Å². The van der Waals surface area contributed by atoms with Gasteiger partial charge in [0.2, 0.25) is 5.91 Å². The third kappa shape index (κ3) is 4.82. The summed E-state index contributed by atoms with van der Waals surface area (Å²) in [5.41, 5.74) is -0.674. The Balaban J connectivity index is 0.00000289. The number of carbonyl (C=O) groups excluding carboxylic acids is 2. The summed E-state index contributed by atoms with van der Waals surface area (Å²) in [6.45, 7) is 5.55. The molecule has 0 aliphatic carbocycles. The maximum absolute atomic E-state index is 11.9. The number of amides is 1. The number of rotatable bonds is 4. The lowest BCUT2D eigenvalue weighted by atomic mass is 9.92. The average Bonchev–Trinajstić information content (AvgIpc) is 2.36. The van der Waals surface area contributed by atoms with Crippen LogP contribution in [0.3, 0.4) is 0 Å². The van der Waals surface area contributed by atoms with Crippen molar-refractivity contribution in [2.75, 3.05) is 26.7 Å². The second-order valence-corrected chi connectivity index (χ2v) is 5.14. The fourth-order valence-corrected chi connectivity index (χ4v) is 1.88. The van der Waals surface area contributed by atoms with E-state index in [0.29, 0.717) is 6.54 Å². The molecule has 1 rings (SSSR count). The number of ether oxygens (including phenoxy) is 1. The van der Waals surface area contributed by atoms with Crippen LogP contribution in [0, 0.1) is 11.3 Å².